The van der Waals surface area contributed by atoms with Crippen LogP contribution < -0.4 is 10.2 Å². The summed E-state index contributed by atoms with van der Waals surface area (Å²) in [6.07, 6.45) is 12.4. The topological polar surface area (TPSA) is 70.0 Å². The van der Waals surface area contributed by atoms with E-state index in [0.29, 0.717) is 0 Å². The van der Waals surface area contributed by atoms with Crippen LogP contribution in [-0.4, -0.2) is 41.3 Å². The van der Waals surface area contributed by atoms with E-state index < -0.39 is 0 Å². The molecule has 3 rings (SSSR count). The predicted molar refractivity (Wildman–Crippen MR) is 165 cm³/mol. The van der Waals surface area contributed by atoms with Crippen LogP contribution in [0.25, 0.3) is 0 Å². The number of hydrogen-bond acceptors (Lipinski definition) is 6. The van der Waals surface area contributed by atoms with E-state index in [1.165, 1.54) is 0 Å². The number of pyridine rings is 1. The molecule has 2 aliphatic heterocycles. The van der Waals surface area contributed by atoms with Crippen molar-refractivity contribution in [2.24, 2.45) is 15.4 Å². The van der Waals surface area contributed by atoms with Gasteiger partial charge in [0.2, 0.25) is 0 Å². The molecule has 0 amide bonds. The van der Waals surface area contributed by atoms with E-state index >= 15 is 0 Å². The van der Waals surface area contributed by atoms with Gasteiger partial charge >= 0.3 is 0 Å². The third-order valence-corrected chi connectivity index (χ3v) is 6.41. The van der Waals surface area contributed by atoms with E-state index in [4.69, 9.17) is 16.6 Å². The number of aldehydes is 1. The van der Waals surface area contributed by atoms with Gasteiger partial charge in [-0.25, -0.2) is 9.98 Å². The van der Waals surface area contributed by atoms with E-state index in [-0.39, 0.29) is 10.8 Å². The van der Waals surface area contributed by atoms with E-state index in [9.17, 15) is 4.79 Å². The number of halogens is 1. The lowest BCUT2D eigenvalue weighted by Crippen LogP contribution is -2.39. The SMILES string of the molecule is CC.CC.CC/C=C1\C/C(=C\C(C)Cl)NC(C(/C)=C/N=C(C)c2ccc(N3CCC(C)(C=O)CC3)nc2)=N1. The molecule has 210 valence electrons. The molecule has 0 bridgehead atoms. The first-order chi connectivity index (χ1) is 18.2. The molecule has 0 spiro atoms. The highest BCUT2D eigenvalue weighted by molar-refractivity contribution is 6.21. The molecule has 38 heavy (non-hydrogen) atoms. The Hall–Kier alpha value is -2.73. The zero-order valence-corrected chi connectivity index (χ0v) is 25.7. The Morgan fingerprint density at radius 1 is 1.21 bits per heavy atom. The summed E-state index contributed by atoms with van der Waals surface area (Å²) in [5.41, 5.74) is 4.71. The van der Waals surface area contributed by atoms with Crippen molar-refractivity contribution in [2.45, 2.75) is 93.4 Å². The van der Waals surface area contributed by atoms with Crippen molar-refractivity contribution in [3.8, 4) is 0 Å². The van der Waals surface area contributed by atoms with Crippen LogP contribution in [0.1, 0.15) is 93.6 Å². The molecular weight excluding hydrogens is 494 g/mol. The molecule has 1 N–H and O–H groups in total. The zero-order chi connectivity index (χ0) is 28.7. The Kier molecular flexibility index (Phi) is 14.9. The van der Waals surface area contributed by atoms with Crippen molar-refractivity contribution >= 4 is 35.3 Å². The summed E-state index contributed by atoms with van der Waals surface area (Å²) in [5.74, 6) is 1.74. The lowest BCUT2D eigenvalue weighted by molar-refractivity contribution is -0.116. The van der Waals surface area contributed by atoms with Crippen LogP contribution in [0.4, 0.5) is 5.82 Å². The molecule has 7 heteroatoms. The number of carbonyl (C=O) groups is 1. The number of rotatable bonds is 7. The highest BCUT2D eigenvalue weighted by Gasteiger charge is 2.30. The second-order valence-electron chi connectivity index (χ2n) is 9.43. The van der Waals surface area contributed by atoms with Crippen LogP contribution in [0.3, 0.4) is 0 Å². The Labute approximate surface area is 236 Å². The minimum absolute atomic E-state index is 0.0516. The predicted octanol–water partition coefficient (Wildman–Crippen LogP) is 7.85. The smallest absolute Gasteiger partial charge is 0.134 e. The number of aliphatic imine (C=N–C) groups is 2. The van der Waals surface area contributed by atoms with Gasteiger partial charge in [-0.1, -0.05) is 47.6 Å². The van der Waals surface area contributed by atoms with Gasteiger partial charge in [0.25, 0.3) is 0 Å². The minimum atomic E-state index is -0.201. The van der Waals surface area contributed by atoms with E-state index in [1.54, 1.807) is 0 Å². The fraction of sp³-hybridized carbons (Fsp3) is 0.548. The van der Waals surface area contributed by atoms with Crippen LogP contribution in [0.15, 0.2) is 63.6 Å². The number of aromatic nitrogens is 1. The number of alkyl halides is 1. The second-order valence-corrected chi connectivity index (χ2v) is 10.1. The molecule has 1 atom stereocenters. The zero-order valence-electron chi connectivity index (χ0n) is 24.9. The number of hydrogen-bond donors (Lipinski definition) is 1. The lowest BCUT2D eigenvalue weighted by atomic mass is 9.82. The Balaban J connectivity index is 0.00000172. The van der Waals surface area contributed by atoms with E-state index in [0.717, 1.165) is 85.0 Å². The monoisotopic (exact) mass is 541 g/mol. The Morgan fingerprint density at radius 3 is 2.39 bits per heavy atom. The molecule has 1 aromatic heterocycles. The maximum Gasteiger partial charge on any atom is 0.134 e. The minimum Gasteiger partial charge on any atom is -0.357 e. The molecule has 1 unspecified atom stereocenters. The summed E-state index contributed by atoms with van der Waals surface area (Å²) in [4.78, 5) is 27.6. The third kappa shape index (κ3) is 10.2. The van der Waals surface area contributed by atoms with Crippen molar-refractivity contribution in [3.05, 3.63) is 59.2 Å². The van der Waals surface area contributed by atoms with Crippen LogP contribution >= 0.6 is 11.6 Å². The van der Waals surface area contributed by atoms with Crippen LogP contribution in [0.5, 0.6) is 0 Å². The van der Waals surface area contributed by atoms with E-state index in [2.05, 4.69) is 39.3 Å². The summed E-state index contributed by atoms with van der Waals surface area (Å²) >= 11 is 6.18. The summed E-state index contributed by atoms with van der Waals surface area (Å²) in [6, 6.07) is 4.09. The van der Waals surface area contributed by atoms with Crippen molar-refractivity contribution < 1.29 is 4.79 Å². The number of nitrogens with zero attached hydrogens (tertiary/aromatic N) is 4. The first kappa shape index (κ1) is 33.3. The van der Waals surface area contributed by atoms with E-state index in [1.807, 2.05) is 79.9 Å². The molecule has 3 heterocycles. The Bertz CT molecular complexity index is 1030. The highest BCUT2D eigenvalue weighted by Crippen LogP contribution is 2.30. The second kappa shape index (κ2) is 17.0. The van der Waals surface area contributed by atoms with Gasteiger partial charge in [-0.2, -0.15) is 0 Å². The molecule has 2 aliphatic rings. The van der Waals surface area contributed by atoms with Crippen LogP contribution in [0.2, 0.25) is 0 Å². The fourth-order valence-corrected chi connectivity index (χ4v) is 4.15. The molecular formula is C31H48ClN5O. The summed E-state index contributed by atoms with van der Waals surface area (Å²) in [5, 5.41) is 3.35. The number of carbonyl (C=O) groups excluding carboxylic acids is 1. The van der Waals surface area contributed by atoms with Crippen molar-refractivity contribution in [3.63, 3.8) is 0 Å². The Morgan fingerprint density at radius 2 is 1.87 bits per heavy atom. The largest absolute Gasteiger partial charge is 0.357 e. The molecule has 0 saturated carbocycles. The standard InChI is InChI=1S/C27H36ClN5O.2C2H6/c1-6-7-23-15-24(14-20(3)28)32-26(31-23)19(2)16-29-21(4)22-8-9-25(30-17-22)33-12-10-27(5,18-34)11-13-33;2*1-2/h7-9,14,16-18,20H,6,10-13,15H2,1-5H3,(H,31,32);2*1-2H3/b19-16+,23-7+,24-14+,29-21?;;. The average molecular weight is 542 g/mol. The fourth-order valence-electron chi connectivity index (χ4n) is 4.00. The van der Waals surface area contributed by atoms with Gasteiger partial charge in [-0.15, -0.1) is 11.6 Å². The van der Waals surface area contributed by atoms with Gasteiger partial charge in [-0.05, 0) is 58.2 Å². The van der Waals surface area contributed by atoms with Crippen molar-refractivity contribution in [1.29, 1.82) is 0 Å². The van der Waals surface area contributed by atoms with Gasteiger partial charge in [0, 0.05) is 65.6 Å². The van der Waals surface area contributed by atoms with Gasteiger partial charge in [-0.3, -0.25) is 4.99 Å². The molecule has 1 saturated heterocycles. The van der Waals surface area contributed by atoms with Crippen molar-refractivity contribution in [1.82, 2.24) is 10.3 Å². The summed E-state index contributed by atoms with van der Waals surface area (Å²) in [7, 11) is 0. The van der Waals surface area contributed by atoms with Gasteiger partial charge in [0.05, 0.1) is 5.38 Å². The van der Waals surface area contributed by atoms with Crippen molar-refractivity contribution in [2.75, 3.05) is 18.0 Å². The first-order valence-electron chi connectivity index (χ1n) is 14.0. The number of nitrogens with one attached hydrogen (secondary N) is 1. The molecule has 0 aromatic carbocycles. The molecule has 1 fully saturated rings. The van der Waals surface area contributed by atoms with Gasteiger partial charge < -0.3 is 15.0 Å². The van der Waals surface area contributed by atoms with Gasteiger partial charge in [0.1, 0.15) is 17.9 Å². The molecule has 0 radical (unpaired) electrons. The van der Waals surface area contributed by atoms with Crippen LogP contribution in [-0.2, 0) is 4.79 Å². The summed E-state index contributed by atoms with van der Waals surface area (Å²) in [6.45, 7) is 19.8. The number of anilines is 1. The third-order valence-electron chi connectivity index (χ3n) is 6.28. The molecule has 6 nitrogen and oxygen atoms in total. The average Bonchev–Trinajstić information content (AvgIpc) is 2.94. The maximum atomic E-state index is 11.3. The van der Waals surface area contributed by atoms with Crippen LogP contribution in [0, 0.1) is 5.41 Å². The summed E-state index contributed by atoms with van der Waals surface area (Å²) < 4.78 is 0. The van der Waals surface area contributed by atoms with Gasteiger partial charge in [0.15, 0.2) is 0 Å². The quantitative estimate of drug-likeness (QED) is 0.217. The number of amidine groups is 1. The normalized spacial score (nSPS) is 20.4. The first-order valence-corrected chi connectivity index (χ1v) is 14.5. The molecule has 1 aromatic rings. The number of piperidine rings is 1. The lowest BCUT2D eigenvalue weighted by Gasteiger charge is -2.36. The number of allylic oxidation sites excluding steroid dienone is 2. The maximum absolute atomic E-state index is 11.3. The molecule has 0 aliphatic carbocycles. The highest BCUT2D eigenvalue weighted by atomic mass is 35.5.